The van der Waals surface area contributed by atoms with Crippen LogP contribution in [0.1, 0.15) is 5.89 Å². The van der Waals surface area contributed by atoms with Gasteiger partial charge in [0, 0.05) is 22.3 Å². The van der Waals surface area contributed by atoms with Crippen LogP contribution >= 0.6 is 23.4 Å². The third-order valence-corrected chi connectivity index (χ3v) is 6.36. The summed E-state index contributed by atoms with van der Waals surface area (Å²) >= 11 is 7.56. The second kappa shape index (κ2) is 10.2. The molecule has 10 heteroatoms. The number of ether oxygens (including phenoxy) is 2. The monoisotopic (exact) mass is 505 g/mol. The molecule has 0 saturated heterocycles. The number of rotatable bonds is 8. The molecular weight excluding hydrogens is 486 g/mol. The highest BCUT2D eigenvalue weighted by atomic mass is 35.5. The molecule has 8 nitrogen and oxygen atoms in total. The molecule has 2 heterocycles. The first-order chi connectivity index (χ1) is 17.2. The van der Waals surface area contributed by atoms with Crippen molar-refractivity contribution in [1.29, 1.82) is 0 Å². The van der Waals surface area contributed by atoms with Crippen LogP contribution < -0.4 is 9.47 Å². The highest BCUT2D eigenvalue weighted by molar-refractivity contribution is 7.98. The molecule has 0 radical (unpaired) electrons. The van der Waals surface area contributed by atoms with Crippen LogP contribution in [0.5, 0.6) is 11.5 Å². The van der Waals surface area contributed by atoms with Crippen molar-refractivity contribution in [2.45, 2.75) is 10.9 Å². The zero-order valence-corrected chi connectivity index (χ0v) is 20.5. The Morgan fingerprint density at radius 3 is 2.49 bits per heavy atom. The molecule has 3 aromatic carbocycles. The molecule has 176 valence electrons. The minimum Gasteiger partial charge on any atom is -0.497 e. The fourth-order valence-corrected chi connectivity index (χ4v) is 4.41. The molecule has 0 fully saturated rings. The average Bonchev–Trinajstić information content (AvgIpc) is 3.55. The molecule has 0 atom stereocenters. The van der Waals surface area contributed by atoms with E-state index in [9.17, 15) is 0 Å². The van der Waals surface area contributed by atoms with E-state index in [0.717, 1.165) is 17.1 Å². The lowest BCUT2D eigenvalue weighted by Gasteiger charge is -2.10. The Labute approximate surface area is 210 Å². The number of hydrogen-bond acceptors (Lipinski definition) is 8. The number of benzene rings is 3. The molecule has 0 N–H and O–H groups in total. The predicted molar refractivity (Wildman–Crippen MR) is 134 cm³/mol. The largest absolute Gasteiger partial charge is 0.497 e. The summed E-state index contributed by atoms with van der Waals surface area (Å²) < 4.78 is 18.2. The number of methoxy groups -OCH3 is 2. The standard InChI is InChI=1S/C25H20ClN5O3S/c1-32-19-12-13-20(21(14-19)33-2)23-27-22(34-30-23)15-35-25-29-28-24(16-6-4-3-5-7-16)31(25)18-10-8-17(26)9-11-18/h3-14H,15H2,1-2H3. The molecule has 0 amide bonds. The summed E-state index contributed by atoms with van der Waals surface area (Å²) in [5.74, 6) is 3.30. The van der Waals surface area contributed by atoms with Gasteiger partial charge in [-0.2, -0.15) is 4.98 Å². The molecule has 0 aliphatic carbocycles. The molecule has 5 rings (SSSR count). The van der Waals surface area contributed by atoms with Crippen LogP contribution in [0.2, 0.25) is 5.02 Å². The van der Waals surface area contributed by atoms with Crippen LogP contribution in [0.15, 0.2) is 82.5 Å². The zero-order valence-electron chi connectivity index (χ0n) is 18.9. The molecule has 0 spiro atoms. The molecule has 0 saturated carbocycles. The van der Waals surface area contributed by atoms with Gasteiger partial charge in [0.15, 0.2) is 11.0 Å². The molecule has 2 aromatic heterocycles. The zero-order chi connectivity index (χ0) is 24.2. The first-order valence-electron chi connectivity index (χ1n) is 10.6. The average molecular weight is 506 g/mol. The van der Waals surface area contributed by atoms with Gasteiger partial charge in [0.1, 0.15) is 11.5 Å². The van der Waals surface area contributed by atoms with E-state index in [-0.39, 0.29) is 0 Å². The summed E-state index contributed by atoms with van der Waals surface area (Å²) in [4.78, 5) is 4.54. The maximum atomic E-state index is 6.11. The van der Waals surface area contributed by atoms with E-state index in [1.807, 2.05) is 71.3 Å². The van der Waals surface area contributed by atoms with E-state index in [1.54, 1.807) is 20.3 Å². The van der Waals surface area contributed by atoms with Gasteiger partial charge in [0.2, 0.25) is 11.7 Å². The summed E-state index contributed by atoms with van der Waals surface area (Å²) in [6.45, 7) is 0. The third kappa shape index (κ3) is 4.87. The fraction of sp³-hybridized carbons (Fsp3) is 0.120. The summed E-state index contributed by atoms with van der Waals surface area (Å²) in [6.07, 6.45) is 0. The molecule has 5 aromatic rings. The lowest BCUT2D eigenvalue weighted by Crippen LogP contribution is -1.99. The van der Waals surface area contributed by atoms with E-state index in [1.165, 1.54) is 11.8 Å². The number of hydrogen-bond donors (Lipinski definition) is 0. The summed E-state index contributed by atoms with van der Waals surface area (Å²) in [5.41, 5.74) is 2.56. The van der Waals surface area contributed by atoms with Crippen LogP contribution in [0.25, 0.3) is 28.5 Å². The Hall–Kier alpha value is -3.82. The molecular formula is C25H20ClN5O3S. The SMILES string of the molecule is COc1ccc(-c2noc(CSc3nnc(-c4ccccc4)n3-c3ccc(Cl)cc3)n2)c(OC)c1. The van der Waals surface area contributed by atoms with Gasteiger partial charge in [-0.1, -0.05) is 58.9 Å². The van der Waals surface area contributed by atoms with E-state index in [0.29, 0.717) is 44.7 Å². The molecule has 0 unspecified atom stereocenters. The van der Waals surface area contributed by atoms with E-state index in [4.69, 9.17) is 25.6 Å². The van der Waals surface area contributed by atoms with Gasteiger partial charge in [-0.05, 0) is 36.4 Å². The van der Waals surface area contributed by atoms with Crippen molar-refractivity contribution in [3.05, 3.63) is 83.7 Å². The van der Waals surface area contributed by atoms with Gasteiger partial charge in [-0.3, -0.25) is 4.57 Å². The molecule has 0 aliphatic heterocycles. The maximum Gasteiger partial charge on any atom is 0.237 e. The van der Waals surface area contributed by atoms with E-state index >= 15 is 0 Å². The second-order valence-corrected chi connectivity index (χ2v) is 8.73. The Kier molecular flexibility index (Phi) is 6.69. The van der Waals surface area contributed by atoms with Crippen LogP contribution in [-0.2, 0) is 5.75 Å². The first-order valence-corrected chi connectivity index (χ1v) is 12.0. The van der Waals surface area contributed by atoms with Crippen molar-refractivity contribution in [3.8, 4) is 40.0 Å². The van der Waals surface area contributed by atoms with Gasteiger partial charge < -0.3 is 14.0 Å². The number of halogens is 1. The van der Waals surface area contributed by atoms with Crippen LogP contribution in [0.4, 0.5) is 0 Å². The lowest BCUT2D eigenvalue weighted by atomic mass is 10.2. The Balaban J connectivity index is 1.43. The van der Waals surface area contributed by atoms with Gasteiger partial charge in [-0.15, -0.1) is 10.2 Å². The van der Waals surface area contributed by atoms with Crippen molar-refractivity contribution in [3.63, 3.8) is 0 Å². The number of thioether (sulfide) groups is 1. The Morgan fingerprint density at radius 2 is 1.74 bits per heavy atom. The number of aromatic nitrogens is 5. The Bertz CT molecular complexity index is 1440. The highest BCUT2D eigenvalue weighted by Crippen LogP contribution is 2.33. The number of nitrogens with zero attached hydrogens (tertiary/aromatic N) is 5. The topological polar surface area (TPSA) is 88.1 Å². The van der Waals surface area contributed by atoms with Crippen molar-refractivity contribution >= 4 is 23.4 Å². The van der Waals surface area contributed by atoms with E-state index in [2.05, 4.69) is 20.3 Å². The van der Waals surface area contributed by atoms with Crippen LogP contribution in [0, 0.1) is 0 Å². The maximum absolute atomic E-state index is 6.11. The predicted octanol–water partition coefficient (Wildman–Crippen LogP) is 5.95. The van der Waals surface area contributed by atoms with Crippen LogP contribution in [0.3, 0.4) is 0 Å². The first kappa shape index (κ1) is 22.9. The van der Waals surface area contributed by atoms with Crippen molar-refractivity contribution in [2.24, 2.45) is 0 Å². The van der Waals surface area contributed by atoms with Crippen molar-refractivity contribution in [1.82, 2.24) is 24.9 Å². The minimum atomic E-state index is 0.409. The molecule has 35 heavy (non-hydrogen) atoms. The van der Waals surface area contributed by atoms with Gasteiger partial charge in [-0.25, -0.2) is 0 Å². The van der Waals surface area contributed by atoms with Crippen LogP contribution in [-0.4, -0.2) is 39.1 Å². The van der Waals surface area contributed by atoms with Gasteiger partial charge in [0.05, 0.1) is 25.5 Å². The van der Waals surface area contributed by atoms with Gasteiger partial charge in [0.25, 0.3) is 0 Å². The molecule has 0 bridgehead atoms. The minimum absolute atomic E-state index is 0.409. The van der Waals surface area contributed by atoms with Crippen molar-refractivity contribution in [2.75, 3.05) is 14.2 Å². The summed E-state index contributed by atoms with van der Waals surface area (Å²) in [5, 5.41) is 14.4. The summed E-state index contributed by atoms with van der Waals surface area (Å²) in [7, 11) is 3.19. The molecule has 0 aliphatic rings. The third-order valence-electron chi connectivity index (χ3n) is 5.19. The summed E-state index contributed by atoms with van der Waals surface area (Å²) in [6, 6.07) is 22.9. The van der Waals surface area contributed by atoms with E-state index < -0.39 is 0 Å². The highest BCUT2D eigenvalue weighted by Gasteiger charge is 2.19. The Morgan fingerprint density at radius 1 is 0.943 bits per heavy atom. The quantitative estimate of drug-likeness (QED) is 0.239. The smallest absolute Gasteiger partial charge is 0.237 e. The second-order valence-electron chi connectivity index (χ2n) is 7.35. The normalized spacial score (nSPS) is 10.9. The fourth-order valence-electron chi connectivity index (χ4n) is 3.49. The van der Waals surface area contributed by atoms with Gasteiger partial charge >= 0.3 is 0 Å². The van der Waals surface area contributed by atoms with Crippen molar-refractivity contribution < 1.29 is 14.0 Å². The lowest BCUT2D eigenvalue weighted by molar-refractivity contribution is 0.388.